The van der Waals surface area contributed by atoms with Crippen LogP contribution in [-0.4, -0.2) is 15.0 Å². The van der Waals surface area contributed by atoms with E-state index in [4.69, 9.17) is 15.0 Å². The van der Waals surface area contributed by atoms with Crippen molar-refractivity contribution in [3.8, 4) is 67.5 Å². The van der Waals surface area contributed by atoms with Crippen LogP contribution in [-0.2, 0) is 0 Å². The maximum absolute atomic E-state index is 5.27. The molecule has 4 nitrogen and oxygen atoms in total. The number of hydrogen-bond donors (Lipinski definition) is 0. The lowest BCUT2D eigenvalue weighted by molar-refractivity contribution is 1.07. The van der Waals surface area contributed by atoms with E-state index < -0.39 is 0 Å². The van der Waals surface area contributed by atoms with Crippen molar-refractivity contribution in [3.63, 3.8) is 0 Å². The highest BCUT2D eigenvalue weighted by molar-refractivity contribution is 7.99. The van der Waals surface area contributed by atoms with E-state index in [0.29, 0.717) is 17.5 Å². The molecule has 0 saturated carbocycles. The van der Waals surface area contributed by atoms with Gasteiger partial charge in [-0.2, -0.15) is 0 Å². The molecule has 8 aromatic carbocycles. The Morgan fingerprint density at radius 3 is 1.23 bits per heavy atom. The standard InChI is InChI=1S/C51H34N4S/c1-5-17-35(18-6-1)41-31-29-39(33-42(41)36-19-7-2-8-20-36)40-30-32-44(55-45-25-13-15-27-47(45)56-48-28-16-14-26-46(48)55)43(34-40)51-53-49(37-21-9-3-10-22-37)52-50(54-51)38-23-11-4-12-24-38/h1-34H. The van der Waals surface area contributed by atoms with Crippen molar-refractivity contribution in [1.82, 2.24) is 15.0 Å². The summed E-state index contributed by atoms with van der Waals surface area (Å²) in [6, 6.07) is 72.3. The number of rotatable bonds is 7. The summed E-state index contributed by atoms with van der Waals surface area (Å²) in [7, 11) is 0. The Labute approximate surface area is 330 Å². The first kappa shape index (κ1) is 33.5. The van der Waals surface area contributed by atoms with Gasteiger partial charge in [0.25, 0.3) is 0 Å². The summed E-state index contributed by atoms with van der Waals surface area (Å²) in [5.41, 5.74) is 12.9. The van der Waals surface area contributed by atoms with Crippen molar-refractivity contribution in [2.24, 2.45) is 0 Å². The van der Waals surface area contributed by atoms with E-state index >= 15 is 0 Å². The second-order valence-electron chi connectivity index (χ2n) is 13.6. The molecular formula is C51H34N4S. The summed E-state index contributed by atoms with van der Waals surface area (Å²) in [5, 5.41) is 0. The molecule has 0 saturated heterocycles. The average Bonchev–Trinajstić information content (AvgIpc) is 3.29. The summed E-state index contributed by atoms with van der Waals surface area (Å²) in [6.07, 6.45) is 0. The van der Waals surface area contributed by atoms with E-state index in [0.717, 1.165) is 44.9 Å². The van der Waals surface area contributed by atoms with Gasteiger partial charge in [0.15, 0.2) is 17.5 Å². The largest absolute Gasteiger partial charge is 0.307 e. The molecule has 0 amide bonds. The highest BCUT2D eigenvalue weighted by Crippen LogP contribution is 2.53. The molecule has 0 aliphatic carbocycles. The van der Waals surface area contributed by atoms with E-state index in [1.807, 2.05) is 36.4 Å². The zero-order valence-electron chi connectivity index (χ0n) is 30.3. The Hall–Kier alpha value is -7.08. The van der Waals surface area contributed by atoms with Gasteiger partial charge in [0.1, 0.15) is 0 Å². The first-order valence-corrected chi connectivity index (χ1v) is 19.5. The van der Waals surface area contributed by atoms with Gasteiger partial charge in [0, 0.05) is 26.5 Å². The van der Waals surface area contributed by atoms with Crippen molar-refractivity contribution >= 4 is 28.8 Å². The predicted octanol–water partition coefficient (Wildman–Crippen LogP) is 13.8. The lowest BCUT2D eigenvalue weighted by Gasteiger charge is -2.34. The molecule has 1 aliphatic rings. The molecule has 0 radical (unpaired) electrons. The highest BCUT2D eigenvalue weighted by atomic mass is 32.2. The van der Waals surface area contributed by atoms with Gasteiger partial charge >= 0.3 is 0 Å². The SMILES string of the molecule is c1ccc(-c2nc(-c3ccccc3)nc(-c3cc(-c4ccc(-c5ccccc5)c(-c5ccccc5)c4)ccc3N3c4ccccc4Sc4ccccc43)n2)cc1. The molecule has 10 rings (SSSR count). The van der Waals surface area contributed by atoms with Crippen LogP contribution in [0.1, 0.15) is 0 Å². The van der Waals surface area contributed by atoms with Crippen molar-refractivity contribution in [1.29, 1.82) is 0 Å². The van der Waals surface area contributed by atoms with Crippen LogP contribution in [0.3, 0.4) is 0 Å². The number of anilines is 3. The highest BCUT2D eigenvalue weighted by Gasteiger charge is 2.28. The van der Waals surface area contributed by atoms with E-state index in [2.05, 4.69) is 175 Å². The van der Waals surface area contributed by atoms with E-state index in [-0.39, 0.29) is 0 Å². The normalized spacial score (nSPS) is 11.8. The fourth-order valence-electron chi connectivity index (χ4n) is 7.43. The zero-order valence-corrected chi connectivity index (χ0v) is 31.1. The minimum atomic E-state index is 0.604. The van der Waals surface area contributed by atoms with Crippen LogP contribution in [0.4, 0.5) is 17.1 Å². The molecule has 0 unspecified atom stereocenters. The fourth-order valence-corrected chi connectivity index (χ4v) is 8.49. The summed E-state index contributed by atoms with van der Waals surface area (Å²) < 4.78 is 0. The van der Waals surface area contributed by atoms with Gasteiger partial charge in [-0.15, -0.1) is 0 Å². The molecule has 9 aromatic rings. The predicted molar refractivity (Wildman–Crippen MR) is 231 cm³/mol. The molecular weight excluding hydrogens is 701 g/mol. The fraction of sp³-hybridized carbons (Fsp3) is 0. The quantitative estimate of drug-likeness (QED) is 0.163. The van der Waals surface area contributed by atoms with Crippen LogP contribution in [0.2, 0.25) is 0 Å². The van der Waals surface area contributed by atoms with Crippen LogP contribution in [0.5, 0.6) is 0 Å². The van der Waals surface area contributed by atoms with Crippen molar-refractivity contribution in [3.05, 3.63) is 206 Å². The first-order chi connectivity index (χ1) is 27.8. The molecule has 0 bridgehead atoms. The molecule has 2 heterocycles. The average molecular weight is 735 g/mol. The molecule has 1 aliphatic heterocycles. The summed E-state index contributed by atoms with van der Waals surface area (Å²) in [4.78, 5) is 20.3. The number of nitrogens with zero attached hydrogens (tertiary/aromatic N) is 4. The molecule has 56 heavy (non-hydrogen) atoms. The summed E-state index contributed by atoms with van der Waals surface area (Å²) >= 11 is 1.80. The van der Waals surface area contributed by atoms with Crippen LogP contribution in [0, 0.1) is 0 Å². The zero-order chi connectivity index (χ0) is 37.3. The second kappa shape index (κ2) is 14.6. The lowest BCUT2D eigenvalue weighted by Crippen LogP contribution is -2.16. The minimum Gasteiger partial charge on any atom is -0.307 e. The second-order valence-corrected chi connectivity index (χ2v) is 14.7. The van der Waals surface area contributed by atoms with Gasteiger partial charge in [-0.3, -0.25) is 0 Å². The van der Waals surface area contributed by atoms with E-state index in [9.17, 15) is 0 Å². The number of fused-ring (bicyclic) bond motifs is 2. The van der Waals surface area contributed by atoms with Gasteiger partial charge in [0.2, 0.25) is 0 Å². The third-order valence-electron chi connectivity index (χ3n) is 10.1. The maximum Gasteiger partial charge on any atom is 0.166 e. The van der Waals surface area contributed by atoms with Gasteiger partial charge in [0.05, 0.1) is 17.1 Å². The third-order valence-corrected chi connectivity index (χ3v) is 11.3. The van der Waals surface area contributed by atoms with Crippen LogP contribution < -0.4 is 4.90 Å². The van der Waals surface area contributed by atoms with Crippen LogP contribution in [0.15, 0.2) is 216 Å². The van der Waals surface area contributed by atoms with Gasteiger partial charge < -0.3 is 4.90 Å². The Bertz CT molecular complexity index is 2720. The molecule has 5 heteroatoms. The molecule has 0 fully saturated rings. The maximum atomic E-state index is 5.27. The molecule has 0 spiro atoms. The Morgan fingerprint density at radius 1 is 0.286 bits per heavy atom. The molecule has 1 aromatic heterocycles. The van der Waals surface area contributed by atoms with Crippen LogP contribution >= 0.6 is 11.8 Å². The number of benzene rings is 8. The van der Waals surface area contributed by atoms with Gasteiger partial charge in [-0.25, -0.2) is 15.0 Å². The number of hydrogen-bond acceptors (Lipinski definition) is 5. The lowest BCUT2D eigenvalue weighted by atomic mass is 9.90. The van der Waals surface area contributed by atoms with E-state index in [1.165, 1.54) is 32.0 Å². The number of aromatic nitrogens is 3. The van der Waals surface area contributed by atoms with Crippen LogP contribution in [0.25, 0.3) is 67.5 Å². The Balaban J connectivity index is 1.23. The minimum absolute atomic E-state index is 0.604. The Morgan fingerprint density at radius 2 is 0.696 bits per heavy atom. The smallest absolute Gasteiger partial charge is 0.166 e. The first-order valence-electron chi connectivity index (χ1n) is 18.7. The third kappa shape index (κ3) is 6.34. The molecule has 0 N–H and O–H groups in total. The Kier molecular flexibility index (Phi) is 8.75. The van der Waals surface area contributed by atoms with Gasteiger partial charge in [-0.05, 0) is 75.8 Å². The number of para-hydroxylation sites is 2. The van der Waals surface area contributed by atoms with E-state index in [1.54, 1.807) is 11.8 Å². The monoisotopic (exact) mass is 734 g/mol. The summed E-state index contributed by atoms with van der Waals surface area (Å²) in [5.74, 6) is 1.85. The summed E-state index contributed by atoms with van der Waals surface area (Å²) in [6.45, 7) is 0. The topological polar surface area (TPSA) is 41.9 Å². The van der Waals surface area contributed by atoms with Crippen molar-refractivity contribution < 1.29 is 0 Å². The van der Waals surface area contributed by atoms with Crippen molar-refractivity contribution in [2.75, 3.05) is 4.90 Å². The molecule has 0 atom stereocenters. The molecule has 264 valence electrons. The van der Waals surface area contributed by atoms with Crippen molar-refractivity contribution in [2.45, 2.75) is 9.79 Å². The van der Waals surface area contributed by atoms with Gasteiger partial charge in [-0.1, -0.05) is 176 Å².